The van der Waals surface area contributed by atoms with E-state index >= 15 is 0 Å². The Bertz CT molecular complexity index is 1360. The Morgan fingerprint density at radius 2 is 1.69 bits per heavy atom. The monoisotopic (exact) mass is 676 g/mol. The number of aliphatic hydroxyl groups excluding tert-OH is 1. The summed E-state index contributed by atoms with van der Waals surface area (Å²) in [5, 5.41) is 44.0. The Morgan fingerprint density at radius 1 is 0.918 bits per heavy atom. The summed E-state index contributed by atoms with van der Waals surface area (Å²) in [6.45, 7) is 4.58. The number of rotatable bonds is 3. The van der Waals surface area contributed by atoms with Crippen molar-refractivity contribution in [3.8, 4) is 0 Å². The number of β-amino-alcohol motifs (C(OH)–C–C–N with tert-alkyl or cyclic N) is 1. The van der Waals surface area contributed by atoms with Crippen LogP contribution in [0, 0.1) is 35.0 Å². The van der Waals surface area contributed by atoms with Crippen LogP contribution in [0.1, 0.15) is 115 Å². The van der Waals surface area contributed by atoms with Crippen LogP contribution in [0.2, 0.25) is 0 Å². The summed E-state index contributed by atoms with van der Waals surface area (Å²) in [5.41, 5.74) is 7.85. The second kappa shape index (κ2) is 14.3. The van der Waals surface area contributed by atoms with Crippen molar-refractivity contribution >= 4 is 5.97 Å². The Balaban J connectivity index is 1.21. The number of hydrogen-bond acceptors (Lipinski definition) is 7. The highest BCUT2D eigenvalue weighted by molar-refractivity contribution is 5.68. The molecule has 3 aliphatic carbocycles. The van der Waals surface area contributed by atoms with Crippen LogP contribution in [0.15, 0.2) is 36.4 Å². The van der Waals surface area contributed by atoms with Gasteiger partial charge in [-0.15, -0.1) is 0 Å². The molecular formula is C41H64N4O4. The van der Waals surface area contributed by atoms with Crippen LogP contribution in [0.4, 0.5) is 0 Å². The molecule has 8 heteroatoms. The Morgan fingerprint density at radius 3 is 2.49 bits per heavy atom. The molecule has 3 aliphatic heterocycles. The smallest absolute Gasteiger partial charge is 0.306 e. The van der Waals surface area contributed by atoms with Gasteiger partial charge in [-0.1, -0.05) is 42.8 Å². The zero-order chi connectivity index (χ0) is 34.4. The van der Waals surface area contributed by atoms with Gasteiger partial charge in [-0.25, -0.2) is 0 Å². The highest BCUT2D eigenvalue weighted by atomic mass is 16.4. The van der Waals surface area contributed by atoms with Crippen molar-refractivity contribution in [1.29, 1.82) is 0 Å². The predicted molar refractivity (Wildman–Crippen MR) is 194 cm³/mol. The third-order valence-electron chi connectivity index (χ3n) is 14.5. The number of hydrogen-bond donors (Lipinski definition) is 7. The van der Waals surface area contributed by atoms with Gasteiger partial charge in [0.2, 0.25) is 0 Å². The van der Waals surface area contributed by atoms with Gasteiger partial charge in [0.1, 0.15) is 0 Å². The number of allylic oxidation sites excluding steroid dienone is 1. The molecule has 1 spiro atoms. The minimum atomic E-state index is -1.37. The molecule has 3 heterocycles. The van der Waals surface area contributed by atoms with E-state index < -0.39 is 11.6 Å². The minimum Gasteiger partial charge on any atom is -0.481 e. The molecule has 272 valence electrons. The lowest BCUT2D eigenvalue weighted by atomic mass is 9.60. The van der Waals surface area contributed by atoms with Crippen molar-refractivity contribution in [3.63, 3.8) is 0 Å². The number of carboxylic acids is 1. The standard InChI is InChI=1S/C41H64N4O4/c1-26-36(46)13-12-35(44-26)30-9-8-29-14-16-40-15-4-7-32(40)10-11-33(21-40)41(49,24-38(47)48)25-43-39(2)22-34(45-37(42)23-39)19-28-6-3-5-27(17-28)18-31(29)20-30/h3,5-6,10-11,17,26,29-37,43-46,49H,4,7-9,12-16,18-25,42H2,1-2H3,(H,47,48)/t26-,29+,30+,31-,32-,33+,34-,35+,36-,37+,39-,40-,41-/m1/s1. The summed E-state index contributed by atoms with van der Waals surface area (Å²) in [6, 6.07) is 10.1. The van der Waals surface area contributed by atoms with E-state index in [2.05, 4.69) is 66.2 Å². The number of fused-ring (bicyclic) bond motifs is 6. The zero-order valence-electron chi connectivity index (χ0n) is 30.1. The highest BCUT2D eigenvalue weighted by Crippen LogP contribution is 2.57. The van der Waals surface area contributed by atoms with Crippen molar-refractivity contribution in [2.45, 2.75) is 158 Å². The number of nitrogens with two attached hydrogens (primary N) is 1. The number of nitrogens with one attached hydrogen (secondary N) is 3. The van der Waals surface area contributed by atoms with Crippen LogP contribution in [0.25, 0.3) is 0 Å². The molecule has 6 aliphatic rings. The predicted octanol–water partition coefficient (Wildman–Crippen LogP) is 5.05. The van der Waals surface area contributed by atoms with Gasteiger partial charge in [0, 0.05) is 36.1 Å². The van der Waals surface area contributed by atoms with E-state index in [1.807, 2.05) is 0 Å². The summed E-state index contributed by atoms with van der Waals surface area (Å²) in [7, 11) is 0. The van der Waals surface area contributed by atoms with Gasteiger partial charge < -0.3 is 31.7 Å². The van der Waals surface area contributed by atoms with Crippen molar-refractivity contribution in [2.24, 2.45) is 40.7 Å². The third-order valence-corrected chi connectivity index (χ3v) is 14.5. The van der Waals surface area contributed by atoms with E-state index in [4.69, 9.17) is 5.73 Å². The molecule has 8 N–H and O–H groups in total. The molecule has 0 aromatic heterocycles. The van der Waals surface area contributed by atoms with Crippen molar-refractivity contribution in [1.82, 2.24) is 16.0 Å². The summed E-state index contributed by atoms with van der Waals surface area (Å²) >= 11 is 0. The average Bonchev–Trinajstić information content (AvgIpc) is 3.47. The van der Waals surface area contributed by atoms with Gasteiger partial charge in [-0.05, 0) is 144 Å². The van der Waals surface area contributed by atoms with Crippen LogP contribution in [-0.2, 0) is 17.6 Å². The summed E-state index contributed by atoms with van der Waals surface area (Å²) in [5.74, 6) is 1.29. The average molecular weight is 677 g/mol. The van der Waals surface area contributed by atoms with Gasteiger partial charge in [0.25, 0.3) is 0 Å². The molecule has 0 amide bonds. The zero-order valence-corrected chi connectivity index (χ0v) is 30.1. The molecular weight excluding hydrogens is 612 g/mol. The van der Waals surface area contributed by atoms with E-state index in [-0.39, 0.29) is 54.2 Å². The largest absolute Gasteiger partial charge is 0.481 e. The Labute approximate surface area is 294 Å². The molecule has 1 aromatic carbocycles. The fraction of sp³-hybridized carbons (Fsp3) is 0.780. The molecule has 2 saturated heterocycles. The summed E-state index contributed by atoms with van der Waals surface area (Å²) in [6.07, 6.45) is 19.9. The normalized spacial score (nSPS) is 46.1. The fourth-order valence-electron chi connectivity index (χ4n) is 11.8. The number of benzene rings is 1. The van der Waals surface area contributed by atoms with Gasteiger partial charge in [0.05, 0.1) is 24.3 Å². The first-order valence-corrected chi connectivity index (χ1v) is 19.8. The lowest BCUT2D eigenvalue weighted by Crippen LogP contribution is -2.64. The van der Waals surface area contributed by atoms with E-state index in [0.717, 1.165) is 51.4 Å². The minimum absolute atomic E-state index is 0.126. The lowest BCUT2D eigenvalue weighted by Gasteiger charge is -2.49. The Kier molecular flexibility index (Phi) is 10.4. The van der Waals surface area contributed by atoms with Gasteiger partial charge in [0.15, 0.2) is 0 Å². The topological polar surface area (TPSA) is 140 Å². The molecule has 8 nitrogen and oxygen atoms in total. The number of aliphatic hydroxyl groups is 2. The summed E-state index contributed by atoms with van der Waals surface area (Å²) < 4.78 is 0. The van der Waals surface area contributed by atoms with E-state index in [9.17, 15) is 20.1 Å². The van der Waals surface area contributed by atoms with Crippen LogP contribution < -0.4 is 21.7 Å². The molecule has 0 radical (unpaired) electrons. The molecule has 4 fully saturated rings. The first kappa shape index (κ1) is 35.6. The first-order chi connectivity index (χ1) is 23.4. The van der Waals surface area contributed by atoms with Crippen molar-refractivity contribution in [3.05, 3.63) is 47.5 Å². The first-order valence-electron chi connectivity index (χ1n) is 19.8. The molecule has 0 unspecified atom stereocenters. The Hall–Kier alpha value is -1.81. The van der Waals surface area contributed by atoms with Crippen LogP contribution in [-0.4, -0.2) is 69.4 Å². The second-order valence-electron chi connectivity index (χ2n) is 18.1. The van der Waals surface area contributed by atoms with Gasteiger partial charge in [-0.3, -0.25) is 10.1 Å². The van der Waals surface area contributed by atoms with Crippen LogP contribution in [0.3, 0.4) is 0 Å². The summed E-state index contributed by atoms with van der Waals surface area (Å²) in [4.78, 5) is 12.3. The fourth-order valence-corrected chi connectivity index (χ4v) is 11.8. The van der Waals surface area contributed by atoms with E-state index in [1.54, 1.807) is 0 Å². The molecule has 13 atom stereocenters. The third kappa shape index (κ3) is 7.85. The maximum absolute atomic E-state index is 12.3. The maximum Gasteiger partial charge on any atom is 0.306 e. The number of piperidine rings is 2. The van der Waals surface area contributed by atoms with E-state index in [1.165, 1.54) is 56.1 Å². The van der Waals surface area contributed by atoms with Crippen molar-refractivity contribution < 1.29 is 20.1 Å². The van der Waals surface area contributed by atoms with Crippen molar-refractivity contribution in [2.75, 3.05) is 6.54 Å². The SMILES string of the molecule is C[C@H]1N[C@H]([C@H]2CC[C@H]3CC[C@@]45CCC[C@@H]4C=C[C@@H](C5)[C@@](O)(CC(=O)O)CN[C@]4(C)C[C@@H](Cc5cccc(c5)C[C@@H]3C2)N[C@H](N)C4)CC[C@H]1O. The molecule has 7 rings (SSSR count). The number of carbonyl (C=O) groups is 1. The molecule has 2 saturated carbocycles. The quantitative estimate of drug-likeness (QED) is 0.221. The maximum atomic E-state index is 12.3. The second-order valence-corrected chi connectivity index (χ2v) is 18.1. The van der Waals surface area contributed by atoms with Gasteiger partial charge >= 0.3 is 5.97 Å². The van der Waals surface area contributed by atoms with Crippen LogP contribution >= 0.6 is 0 Å². The van der Waals surface area contributed by atoms with Gasteiger partial charge in [-0.2, -0.15) is 0 Å². The van der Waals surface area contributed by atoms with E-state index in [0.29, 0.717) is 29.7 Å². The lowest BCUT2D eigenvalue weighted by molar-refractivity contribution is -0.145. The highest BCUT2D eigenvalue weighted by Gasteiger charge is 2.51. The molecule has 49 heavy (non-hydrogen) atoms. The number of aliphatic carboxylic acids is 1. The molecule has 6 bridgehead atoms. The number of carboxylic acid groups (broad SMARTS) is 1. The van der Waals surface area contributed by atoms with Crippen LogP contribution in [0.5, 0.6) is 0 Å². The molecule has 1 aromatic rings.